The van der Waals surface area contributed by atoms with Crippen LogP contribution in [-0.4, -0.2) is 46.9 Å². The molecule has 1 saturated heterocycles. The molecule has 1 fully saturated rings. The van der Waals surface area contributed by atoms with E-state index in [1.54, 1.807) is 31.5 Å². The quantitative estimate of drug-likeness (QED) is 0.860. The number of nitrogens with one attached hydrogen (secondary N) is 1. The van der Waals surface area contributed by atoms with Crippen molar-refractivity contribution in [3.05, 3.63) is 30.1 Å². The largest absolute Gasteiger partial charge is 0.349 e. The number of amides is 2. The second kappa shape index (κ2) is 7.35. The fourth-order valence-corrected chi connectivity index (χ4v) is 2.82. The molecule has 2 atom stereocenters. The van der Waals surface area contributed by atoms with Crippen LogP contribution in [0.5, 0.6) is 0 Å². The van der Waals surface area contributed by atoms with Crippen LogP contribution in [0.4, 0.5) is 0 Å². The average Bonchev–Trinajstić information content (AvgIpc) is 2.55. The Balaban J connectivity index is 1.84. The van der Waals surface area contributed by atoms with Crippen molar-refractivity contribution in [1.29, 1.82) is 0 Å². The first-order chi connectivity index (χ1) is 10.5. The Morgan fingerprint density at radius 2 is 1.86 bits per heavy atom. The van der Waals surface area contributed by atoms with Crippen molar-refractivity contribution < 1.29 is 9.59 Å². The summed E-state index contributed by atoms with van der Waals surface area (Å²) < 4.78 is 0. The molecule has 120 valence electrons. The number of pyridine rings is 1. The van der Waals surface area contributed by atoms with Crippen molar-refractivity contribution in [3.63, 3.8) is 0 Å². The standard InChI is InChI=1S/C16H24N4O2/c1-11(17)16(22)20-9-5-13(6-10-20)12(2)19-15(21)14-3-7-18-8-4-14/h3-4,7-8,11-13H,5-6,9-10,17H2,1-2H3,(H,19,21). The fraction of sp³-hybridized carbons (Fsp3) is 0.562. The number of aromatic nitrogens is 1. The molecule has 0 saturated carbocycles. The van der Waals surface area contributed by atoms with Gasteiger partial charge in [-0.3, -0.25) is 14.6 Å². The number of nitrogens with two attached hydrogens (primary N) is 1. The number of likely N-dealkylation sites (tertiary alicyclic amines) is 1. The third kappa shape index (κ3) is 4.04. The zero-order valence-electron chi connectivity index (χ0n) is 13.2. The van der Waals surface area contributed by atoms with Gasteiger partial charge in [-0.1, -0.05) is 0 Å². The molecule has 2 heterocycles. The van der Waals surface area contributed by atoms with Gasteiger partial charge in [0, 0.05) is 37.1 Å². The van der Waals surface area contributed by atoms with Crippen LogP contribution in [0, 0.1) is 5.92 Å². The lowest BCUT2D eigenvalue weighted by atomic mass is 9.90. The molecule has 3 N–H and O–H groups in total. The maximum Gasteiger partial charge on any atom is 0.251 e. The Morgan fingerprint density at radius 1 is 1.27 bits per heavy atom. The number of rotatable bonds is 4. The van der Waals surface area contributed by atoms with Crippen LogP contribution in [-0.2, 0) is 4.79 Å². The number of carbonyl (C=O) groups is 2. The van der Waals surface area contributed by atoms with Crippen molar-refractivity contribution in [2.75, 3.05) is 13.1 Å². The highest BCUT2D eigenvalue weighted by Crippen LogP contribution is 2.21. The highest BCUT2D eigenvalue weighted by Gasteiger charge is 2.28. The van der Waals surface area contributed by atoms with Crippen LogP contribution in [0.25, 0.3) is 0 Å². The molecule has 0 radical (unpaired) electrons. The van der Waals surface area contributed by atoms with Crippen LogP contribution >= 0.6 is 0 Å². The van der Waals surface area contributed by atoms with Gasteiger partial charge in [-0.15, -0.1) is 0 Å². The van der Waals surface area contributed by atoms with Crippen molar-refractivity contribution in [1.82, 2.24) is 15.2 Å². The number of nitrogens with zero attached hydrogens (tertiary/aromatic N) is 2. The van der Waals surface area contributed by atoms with Crippen molar-refractivity contribution >= 4 is 11.8 Å². The predicted octanol–water partition coefficient (Wildman–Crippen LogP) is 0.786. The number of hydrogen-bond acceptors (Lipinski definition) is 4. The lowest BCUT2D eigenvalue weighted by Gasteiger charge is -2.35. The van der Waals surface area contributed by atoms with Gasteiger partial charge in [0.25, 0.3) is 5.91 Å². The van der Waals surface area contributed by atoms with E-state index in [2.05, 4.69) is 10.3 Å². The Kier molecular flexibility index (Phi) is 5.49. The summed E-state index contributed by atoms with van der Waals surface area (Å²) in [5, 5.41) is 3.04. The lowest BCUT2D eigenvalue weighted by Crippen LogP contribution is -2.49. The van der Waals surface area contributed by atoms with E-state index in [1.165, 1.54) is 0 Å². The zero-order chi connectivity index (χ0) is 16.1. The van der Waals surface area contributed by atoms with Gasteiger partial charge < -0.3 is 16.0 Å². The van der Waals surface area contributed by atoms with Gasteiger partial charge in [-0.2, -0.15) is 0 Å². The Labute approximate surface area is 131 Å². The van der Waals surface area contributed by atoms with E-state index in [-0.39, 0.29) is 17.9 Å². The zero-order valence-corrected chi connectivity index (χ0v) is 13.2. The van der Waals surface area contributed by atoms with Gasteiger partial charge in [0.15, 0.2) is 0 Å². The monoisotopic (exact) mass is 304 g/mol. The molecule has 1 aliphatic rings. The highest BCUT2D eigenvalue weighted by atomic mass is 16.2. The molecule has 6 nitrogen and oxygen atoms in total. The third-order valence-electron chi connectivity index (χ3n) is 4.25. The molecular weight excluding hydrogens is 280 g/mol. The van der Waals surface area contributed by atoms with E-state index in [0.717, 1.165) is 12.8 Å². The minimum Gasteiger partial charge on any atom is -0.349 e. The molecule has 6 heteroatoms. The third-order valence-corrected chi connectivity index (χ3v) is 4.25. The molecule has 2 rings (SSSR count). The summed E-state index contributed by atoms with van der Waals surface area (Å²) >= 11 is 0. The number of piperidine rings is 1. The second-order valence-electron chi connectivity index (χ2n) is 5.95. The molecule has 0 aromatic carbocycles. The van der Waals surface area contributed by atoms with Crippen LogP contribution in [0.3, 0.4) is 0 Å². The Bertz CT molecular complexity index is 510. The molecule has 1 aromatic rings. The molecule has 0 spiro atoms. The van der Waals surface area contributed by atoms with E-state index < -0.39 is 6.04 Å². The maximum absolute atomic E-state index is 12.1. The fourth-order valence-electron chi connectivity index (χ4n) is 2.82. The molecule has 0 aliphatic carbocycles. The molecule has 2 amide bonds. The lowest BCUT2D eigenvalue weighted by molar-refractivity contribution is -0.133. The first-order valence-electron chi connectivity index (χ1n) is 7.74. The SMILES string of the molecule is CC(N)C(=O)N1CCC(C(C)NC(=O)c2ccncc2)CC1. The number of carbonyl (C=O) groups excluding carboxylic acids is 2. The van der Waals surface area contributed by atoms with Crippen LogP contribution in [0.2, 0.25) is 0 Å². The molecular formula is C16H24N4O2. The summed E-state index contributed by atoms with van der Waals surface area (Å²) in [6.45, 7) is 5.15. The summed E-state index contributed by atoms with van der Waals surface area (Å²) in [6.07, 6.45) is 4.99. The number of hydrogen-bond donors (Lipinski definition) is 2. The summed E-state index contributed by atoms with van der Waals surface area (Å²) in [7, 11) is 0. The van der Waals surface area contributed by atoms with Crippen molar-refractivity contribution in [2.24, 2.45) is 11.7 Å². The minimum absolute atomic E-state index is 0.00641. The first-order valence-corrected chi connectivity index (χ1v) is 7.74. The summed E-state index contributed by atoms with van der Waals surface area (Å²) in [6, 6.07) is 3.03. The smallest absolute Gasteiger partial charge is 0.251 e. The van der Waals surface area contributed by atoms with Gasteiger partial charge in [-0.05, 0) is 44.7 Å². The van der Waals surface area contributed by atoms with E-state index in [1.807, 2.05) is 11.8 Å². The Morgan fingerprint density at radius 3 is 2.41 bits per heavy atom. The van der Waals surface area contributed by atoms with E-state index in [4.69, 9.17) is 5.73 Å². The van der Waals surface area contributed by atoms with Gasteiger partial charge in [-0.25, -0.2) is 0 Å². The Hall–Kier alpha value is -1.95. The van der Waals surface area contributed by atoms with Crippen LogP contribution in [0.1, 0.15) is 37.0 Å². The van der Waals surface area contributed by atoms with Crippen LogP contribution in [0.15, 0.2) is 24.5 Å². The van der Waals surface area contributed by atoms with Gasteiger partial charge in [0.2, 0.25) is 5.91 Å². The molecule has 2 unspecified atom stereocenters. The van der Waals surface area contributed by atoms with Crippen LogP contribution < -0.4 is 11.1 Å². The minimum atomic E-state index is -0.444. The molecule has 1 aliphatic heterocycles. The topological polar surface area (TPSA) is 88.3 Å². The summed E-state index contributed by atoms with van der Waals surface area (Å²) in [4.78, 5) is 29.7. The predicted molar refractivity (Wildman–Crippen MR) is 84.1 cm³/mol. The molecule has 22 heavy (non-hydrogen) atoms. The average molecular weight is 304 g/mol. The van der Waals surface area contributed by atoms with E-state index in [0.29, 0.717) is 24.6 Å². The van der Waals surface area contributed by atoms with Gasteiger partial charge in [0.1, 0.15) is 0 Å². The second-order valence-corrected chi connectivity index (χ2v) is 5.95. The molecule has 1 aromatic heterocycles. The van der Waals surface area contributed by atoms with E-state index >= 15 is 0 Å². The van der Waals surface area contributed by atoms with Gasteiger partial charge in [0.05, 0.1) is 6.04 Å². The first kappa shape index (κ1) is 16.4. The van der Waals surface area contributed by atoms with Gasteiger partial charge >= 0.3 is 0 Å². The van der Waals surface area contributed by atoms with Crippen molar-refractivity contribution in [2.45, 2.75) is 38.8 Å². The maximum atomic E-state index is 12.1. The summed E-state index contributed by atoms with van der Waals surface area (Å²) in [5.74, 6) is 0.304. The highest BCUT2D eigenvalue weighted by molar-refractivity contribution is 5.94. The summed E-state index contributed by atoms with van der Waals surface area (Å²) in [5.41, 5.74) is 6.26. The molecule has 0 bridgehead atoms. The normalized spacial score (nSPS) is 18.6. The van der Waals surface area contributed by atoms with Crippen molar-refractivity contribution in [3.8, 4) is 0 Å². The van der Waals surface area contributed by atoms with E-state index in [9.17, 15) is 9.59 Å².